The quantitative estimate of drug-likeness (QED) is 0.691. The lowest BCUT2D eigenvalue weighted by molar-refractivity contribution is -0.283. The van der Waals surface area contributed by atoms with E-state index in [4.69, 9.17) is 23.7 Å². The van der Waals surface area contributed by atoms with Gasteiger partial charge >= 0.3 is 5.97 Å². The number of ether oxygens (including phenoxy) is 5. The summed E-state index contributed by atoms with van der Waals surface area (Å²) in [5.74, 6) is -1.49. The maximum absolute atomic E-state index is 11.4. The summed E-state index contributed by atoms with van der Waals surface area (Å²) < 4.78 is 27.6. The summed E-state index contributed by atoms with van der Waals surface area (Å²) in [6.07, 6.45) is -2.82. The molecule has 0 radical (unpaired) electrons. The van der Waals surface area contributed by atoms with Crippen LogP contribution in [0.25, 0.3) is 0 Å². The Bertz CT molecular complexity index is 445. The maximum atomic E-state index is 11.4. The van der Waals surface area contributed by atoms with Crippen molar-refractivity contribution in [1.29, 1.82) is 5.26 Å². The molecule has 2 rings (SSSR count). The summed E-state index contributed by atoms with van der Waals surface area (Å²) in [5.41, 5.74) is -1.56. The van der Waals surface area contributed by atoms with Gasteiger partial charge in [0.1, 0.15) is 24.4 Å². The SMILES string of the molecule is CO[C@@H]1O[C@H](C)[C@@](C#N)(OC(C)=O)[C@H]2OC(C)(C)O[C@@H]12. The van der Waals surface area contributed by atoms with Crippen molar-refractivity contribution in [3.63, 3.8) is 0 Å². The smallest absolute Gasteiger partial charge is 0.304 e. The Morgan fingerprint density at radius 1 is 1.35 bits per heavy atom. The zero-order valence-electron chi connectivity index (χ0n) is 12.2. The molecule has 0 aromatic carbocycles. The number of nitrogens with zero attached hydrogens (tertiary/aromatic N) is 1. The van der Waals surface area contributed by atoms with Crippen LogP contribution in [-0.4, -0.2) is 49.1 Å². The predicted molar refractivity (Wildman–Crippen MR) is 65.3 cm³/mol. The van der Waals surface area contributed by atoms with E-state index in [9.17, 15) is 10.1 Å². The van der Waals surface area contributed by atoms with Crippen molar-refractivity contribution in [2.75, 3.05) is 7.11 Å². The largest absolute Gasteiger partial charge is 0.438 e. The van der Waals surface area contributed by atoms with Crippen LogP contribution < -0.4 is 0 Å². The fraction of sp³-hybridized carbons (Fsp3) is 0.846. The zero-order chi connectivity index (χ0) is 15.1. The van der Waals surface area contributed by atoms with Crippen molar-refractivity contribution in [2.24, 2.45) is 0 Å². The highest BCUT2D eigenvalue weighted by molar-refractivity contribution is 5.67. The minimum atomic E-state index is -1.56. The highest BCUT2D eigenvalue weighted by atomic mass is 16.8. The molecule has 0 aromatic heterocycles. The first-order chi connectivity index (χ1) is 9.25. The lowest BCUT2D eigenvalue weighted by Gasteiger charge is -2.44. The number of rotatable bonds is 2. The monoisotopic (exact) mass is 285 g/mol. The Morgan fingerprint density at radius 2 is 2.00 bits per heavy atom. The van der Waals surface area contributed by atoms with Gasteiger partial charge in [-0.1, -0.05) is 0 Å². The lowest BCUT2D eigenvalue weighted by atomic mass is 9.85. The van der Waals surface area contributed by atoms with E-state index < -0.39 is 42.0 Å². The van der Waals surface area contributed by atoms with Gasteiger partial charge in [0.25, 0.3) is 5.60 Å². The molecule has 0 aliphatic carbocycles. The van der Waals surface area contributed by atoms with E-state index >= 15 is 0 Å². The third-order valence-electron chi connectivity index (χ3n) is 3.48. The van der Waals surface area contributed by atoms with Crippen LogP contribution in [0.1, 0.15) is 27.7 Å². The fourth-order valence-corrected chi connectivity index (χ4v) is 2.68. The van der Waals surface area contributed by atoms with Crippen LogP contribution in [-0.2, 0) is 28.5 Å². The molecule has 0 N–H and O–H groups in total. The predicted octanol–water partition coefficient (Wildman–Crippen LogP) is 0.723. The van der Waals surface area contributed by atoms with E-state index in [2.05, 4.69) is 0 Å². The molecule has 5 atom stereocenters. The van der Waals surface area contributed by atoms with Crippen molar-refractivity contribution < 1.29 is 28.5 Å². The van der Waals surface area contributed by atoms with E-state index in [0.29, 0.717) is 0 Å². The lowest BCUT2D eigenvalue weighted by Crippen LogP contribution is -2.65. The van der Waals surface area contributed by atoms with Gasteiger partial charge in [-0.25, -0.2) is 0 Å². The number of esters is 1. The molecule has 0 saturated carbocycles. The summed E-state index contributed by atoms with van der Waals surface area (Å²) in [7, 11) is 1.48. The van der Waals surface area contributed by atoms with Gasteiger partial charge in [0, 0.05) is 14.0 Å². The first kappa shape index (κ1) is 15.2. The molecule has 2 heterocycles. The molecule has 20 heavy (non-hydrogen) atoms. The van der Waals surface area contributed by atoms with Crippen molar-refractivity contribution in [3.05, 3.63) is 0 Å². The molecule has 2 fully saturated rings. The van der Waals surface area contributed by atoms with Gasteiger partial charge in [0.2, 0.25) is 0 Å². The summed E-state index contributed by atoms with van der Waals surface area (Å²) in [6.45, 7) is 6.32. The Morgan fingerprint density at radius 3 is 2.50 bits per heavy atom. The highest BCUT2D eigenvalue weighted by Crippen LogP contribution is 2.44. The molecular formula is C13H19NO6. The molecule has 0 amide bonds. The topological polar surface area (TPSA) is 87.0 Å². The summed E-state index contributed by atoms with van der Waals surface area (Å²) in [5, 5.41) is 9.55. The fourth-order valence-electron chi connectivity index (χ4n) is 2.68. The van der Waals surface area contributed by atoms with Crippen LogP contribution >= 0.6 is 0 Å². The molecule has 0 spiro atoms. The van der Waals surface area contributed by atoms with E-state index in [1.54, 1.807) is 20.8 Å². The average Bonchev–Trinajstić information content (AvgIpc) is 2.68. The summed E-state index contributed by atoms with van der Waals surface area (Å²) in [4.78, 5) is 11.4. The molecular weight excluding hydrogens is 266 g/mol. The van der Waals surface area contributed by atoms with Crippen LogP contribution in [0.4, 0.5) is 0 Å². The third kappa shape index (κ3) is 2.29. The average molecular weight is 285 g/mol. The van der Waals surface area contributed by atoms with Crippen LogP contribution in [0.3, 0.4) is 0 Å². The second-order valence-electron chi connectivity index (χ2n) is 5.40. The molecule has 0 aromatic rings. The van der Waals surface area contributed by atoms with Gasteiger partial charge in [-0.05, 0) is 20.8 Å². The number of carbonyl (C=O) groups excluding carboxylic acids is 1. The van der Waals surface area contributed by atoms with Crippen LogP contribution in [0.15, 0.2) is 0 Å². The Kier molecular flexibility index (Phi) is 3.77. The first-order valence-corrected chi connectivity index (χ1v) is 6.40. The van der Waals surface area contributed by atoms with Crippen molar-refractivity contribution in [2.45, 2.75) is 63.7 Å². The van der Waals surface area contributed by atoms with Gasteiger partial charge in [-0.2, -0.15) is 5.26 Å². The van der Waals surface area contributed by atoms with E-state index in [-0.39, 0.29) is 0 Å². The van der Waals surface area contributed by atoms with Crippen molar-refractivity contribution in [1.82, 2.24) is 0 Å². The summed E-state index contributed by atoms with van der Waals surface area (Å²) in [6, 6.07) is 2.02. The third-order valence-corrected chi connectivity index (χ3v) is 3.48. The van der Waals surface area contributed by atoms with Gasteiger partial charge in [0.15, 0.2) is 12.1 Å². The van der Waals surface area contributed by atoms with Crippen LogP contribution in [0, 0.1) is 11.3 Å². The van der Waals surface area contributed by atoms with Crippen molar-refractivity contribution >= 4 is 5.97 Å². The normalized spacial score (nSPS) is 42.6. The van der Waals surface area contributed by atoms with E-state index in [1.165, 1.54) is 14.0 Å². The summed E-state index contributed by atoms with van der Waals surface area (Å²) >= 11 is 0. The number of hydrogen-bond donors (Lipinski definition) is 0. The zero-order valence-corrected chi connectivity index (χ0v) is 12.2. The van der Waals surface area contributed by atoms with Gasteiger partial charge in [-0.3, -0.25) is 4.79 Å². The Hall–Kier alpha value is -1.20. The molecule has 0 unspecified atom stereocenters. The van der Waals surface area contributed by atoms with Crippen LogP contribution in [0.2, 0.25) is 0 Å². The molecule has 112 valence electrons. The number of hydrogen-bond acceptors (Lipinski definition) is 7. The maximum Gasteiger partial charge on any atom is 0.304 e. The standard InChI is InChI=1S/C13H19NO6/c1-7-13(6-14,18-8(2)15)10-9(11(16-5)17-7)19-12(3,4)20-10/h7,9-11H,1-5H3/t7-,9-,10+,11-,13-/m1/s1. The molecule has 2 aliphatic rings. The first-order valence-electron chi connectivity index (χ1n) is 6.40. The number of fused-ring (bicyclic) bond motifs is 1. The number of carbonyl (C=O) groups is 1. The molecule has 7 heteroatoms. The van der Waals surface area contributed by atoms with Gasteiger partial charge in [-0.15, -0.1) is 0 Å². The molecule has 2 aliphatic heterocycles. The molecule has 2 saturated heterocycles. The minimum absolute atomic E-state index is 0.579. The number of nitriles is 1. The minimum Gasteiger partial charge on any atom is -0.438 e. The second kappa shape index (κ2) is 4.97. The number of methoxy groups -OCH3 is 1. The molecule has 0 bridgehead atoms. The van der Waals surface area contributed by atoms with Crippen LogP contribution in [0.5, 0.6) is 0 Å². The Balaban J connectivity index is 2.42. The van der Waals surface area contributed by atoms with E-state index in [1.807, 2.05) is 6.07 Å². The molecule has 7 nitrogen and oxygen atoms in total. The van der Waals surface area contributed by atoms with Gasteiger partial charge in [0.05, 0.1) is 0 Å². The highest BCUT2D eigenvalue weighted by Gasteiger charge is 2.65. The van der Waals surface area contributed by atoms with Crippen molar-refractivity contribution in [3.8, 4) is 6.07 Å². The van der Waals surface area contributed by atoms with E-state index in [0.717, 1.165) is 0 Å². The Labute approximate surface area is 117 Å². The van der Waals surface area contributed by atoms with Gasteiger partial charge < -0.3 is 23.7 Å². The second-order valence-corrected chi connectivity index (χ2v) is 5.40.